The maximum atomic E-state index is 11.2. The zero-order chi connectivity index (χ0) is 13.2. The van der Waals surface area contributed by atoms with E-state index in [0.717, 1.165) is 30.4 Å². The molecule has 0 spiro atoms. The van der Waals surface area contributed by atoms with Gasteiger partial charge in [-0.05, 0) is 25.1 Å². The highest BCUT2D eigenvalue weighted by Gasteiger charge is 2.15. The lowest BCUT2D eigenvalue weighted by Crippen LogP contribution is -2.23. The van der Waals surface area contributed by atoms with Crippen molar-refractivity contribution < 1.29 is 4.79 Å². The van der Waals surface area contributed by atoms with Gasteiger partial charge in [0, 0.05) is 29.7 Å². The third kappa shape index (κ3) is 2.48. The molecule has 3 rings (SSSR count). The molecule has 2 heterocycles. The maximum absolute atomic E-state index is 11.2. The molecule has 1 aromatic carbocycles. The molecule has 1 aliphatic heterocycles. The number of primary amides is 1. The number of aromatic nitrogens is 2. The second kappa shape index (κ2) is 4.81. The Morgan fingerprint density at radius 2 is 2.37 bits per heavy atom. The van der Waals surface area contributed by atoms with Crippen LogP contribution < -0.4 is 16.4 Å². The van der Waals surface area contributed by atoms with E-state index in [4.69, 9.17) is 5.73 Å². The van der Waals surface area contributed by atoms with Crippen molar-refractivity contribution in [1.82, 2.24) is 15.3 Å². The number of carbonyl (C=O) groups excluding carboxylic acids is 1. The topological polar surface area (TPSA) is 92.9 Å². The number of anilines is 1. The number of rotatable bonds is 3. The van der Waals surface area contributed by atoms with Crippen molar-refractivity contribution in [3.8, 4) is 0 Å². The highest BCUT2D eigenvalue weighted by molar-refractivity contribution is 5.96. The van der Waals surface area contributed by atoms with Crippen LogP contribution in [0.15, 0.2) is 24.4 Å². The molecule has 4 N–H and O–H groups in total. The van der Waals surface area contributed by atoms with Crippen molar-refractivity contribution in [3.05, 3.63) is 30.0 Å². The van der Waals surface area contributed by atoms with Crippen molar-refractivity contribution in [2.75, 3.05) is 18.4 Å². The molecule has 1 aromatic heterocycles. The van der Waals surface area contributed by atoms with E-state index in [-0.39, 0.29) is 0 Å². The fraction of sp³-hybridized carbons (Fsp3) is 0.308. The fourth-order valence-corrected chi connectivity index (χ4v) is 2.21. The van der Waals surface area contributed by atoms with E-state index in [9.17, 15) is 4.79 Å². The van der Waals surface area contributed by atoms with Gasteiger partial charge < -0.3 is 16.4 Å². The van der Waals surface area contributed by atoms with Gasteiger partial charge in [0.15, 0.2) is 0 Å². The Labute approximate surface area is 110 Å². The summed E-state index contributed by atoms with van der Waals surface area (Å²) in [4.78, 5) is 19.9. The molecule has 1 atom stereocenters. The molecule has 6 nitrogen and oxygen atoms in total. The monoisotopic (exact) mass is 257 g/mol. The van der Waals surface area contributed by atoms with Crippen LogP contribution in [0.4, 0.5) is 5.95 Å². The molecule has 1 amide bonds. The van der Waals surface area contributed by atoms with Crippen molar-refractivity contribution in [3.63, 3.8) is 0 Å². The van der Waals surface area contributed by atoms with Gasteiger partial charge in [0.2, 0.25) is 11.9 Å². The summed E-state index contributed by atoms with van der Waals surface area (Å²) in [6.45, 7) is 1.93. The number of hydrogen-bond acceptors (Lipinski definition) is 5. The smallest absolute Gasteiger partial charge is 0.248 e. The molecular weight excluding hydrogens is 242 g/mol. The van der Waals surface area contributed by atoms with Crippen LogP contribution in [0.5, 0.6) is 0 Å². The third-order valence-corrected chi connectivity index (χ3v) is 3.26. The maximum Gasteiger partial charge on any atom is 0.248 e. The van der Waals surface area contributed by atoms with Gasteiger partial charge >= 0.3 is 0 Å². The molecule has 2 aromatic rings. The number of amides is 1. The number of nitrogens with one attached hydrogen (secondary N) is 2. The number of fused-ring (bicyclic) bond motifs is 1. The SMILES string of the molecule is NC(=O)c1ccc2cnc(N[C@@H]3CCNC3)nc2c1. The van der Waals surface area contributed by atoms with Crippen LogP contribution in [0.2, 0.25) is 0 Å². The van der Waals surface area contributed by atoms with Crippen LogP contribution in [0.3, 0.4) is 0 Å². The fourth-order valence-electron chi connectivity index (χ4n) is 2.21. The first-order valence-corrected chi connectivity index (χ1v) is 6.26. The molecule has 6 heteroatoms. The van der Waals surface area contributed by atoms with Gasteiger partial charge in [-0.3, -0.25) is 4.79 Å². The minimum Gasteiger partial charge on any atom is -0.366 e. The van der Waals surface area contributed by atoms with Gasteiger partial charge in [-0.25, -0.2) is 9.97 Å². The van der Waals surface area contributed by atoms with E-state index in [1.165, 1.54) is 0 Å². The third-order valence-electron chi connectivity index (χ3n) is 3.26. The Morgan fingerprint density at radius 3 is 3.11 bits per heavy atom. The summed E-state index contributed by atoms with van der Waals surface area (Å²) in [5.74, 6) is 0.137. The first kappa shape index (κ1) is 11.9. The highest BCUT2D eigenvalue weighted by Crippen LogP contribution is 2.15. The normalized spacial score (nSPS) is 18.6. The van der Waals surface area contributed by atoms with Gasteiger partial charge in [-0.15, -0.1) is 0 Å². The van der Waals surface area contributed by atoms with Gasteiger partial charge in [0.25, 0.3) is 0 Å². The van der Waals surface area contributed by atoms with Crippen LogP contribution >= 0.6 is 0 Å². The van der Waals surface area contributed by atoms with Crippen LogP contribution in [0.1, 0.15) is 16.8 Å². The summed E-state index contributed by atoms with van der Waals surface area (Å²) < 4.78 is 0. The minimum atomic E-state index is -0.449. The first-order valence-electron chi connectivity index (χ1n) is 6.26. The summed E-state index contributed by atoms with van der Waals surface area (Å²) in [6.07, 6.45) is 2.81. The summed E-state index contributed by atoms with van der Waals surface area (Å²) in [6, 6.07) is 5.53. The van der Waals surface area contributed by atoms with Crippen LogP contribution in [-0.4, -0.2) is 35.0 Å². The molecule has 0 bridgehead atoms. The standard InChI is InChI=1S/C13H15N5O/c14-12(19)8-1-2-9-6-16-13(18-11(9)5-8)17-10-3-4-15-7-10/h1-2,5-6,10,15H,3-4,7H2,(H2,14,19)(H,16,17,18)/t10-/m1/s1. The molecule has 0 unspecified atom stereocenters. The molecule has 1 aliphatic rings. The number of nitrogens with two attached hydrogens (primary N) is 1. The van der Waals surface area contributed by atoms with Crippen molar-refractivity contribution in [2.24, 2.45) is 5.73 Å². The van der Waals surface area contributed by atoms with Gasteiger partial charge in [-0.1, -0.05) is 6.07 Å². The van der Waals surface area contributed by atoms with Crippen molar-refractivity contribution >= 4 is 22.8 Å². The number of nitrogens with zero attached hydrogens (tertiary/aromatic N) is 2. The quantitative estimate of drug-likeness (QED) is 0.744. The van der Waals surface area contributed by atoms with E-state index in [1.54, 1.807) is 24.4 Å². The zero-order valence-corrected chi connectivity index (χ0v) is 10.4. The molecule has 1 fully saturated rings. The molecule has 19 heavy (non-hydrogen) atoms. The molecule has 0 aliphatic carbocycles. The minimum absolute atomic E-state index is 0.358. The van der Waals surface area contributed by atoms with Gasteiger partial charge in [0.05, 0.1) is 5.52 Å². The Bertz CT molecular complexity index is 621. The average Bonchev–Trinajstić information content (AvgIpc) is 2.90. The van der Waals surface area contributed by atoms with Gasteiger partial charge in [0.1, 0.15) is 0 Å². The van der Waals surface area contributed by atoms with Crippen LogP contribution in [0.25, 0.3) is 10.9 Å². The summed E-state index contributed by atoms with van der Waals surface area (Å²) in [7, 11) is 0. The van der Waals surface area contributed by atoms with E-state index in [0.29, 0.717) is 17.6 Å². The lowest BCUT2D eigenvalue weighted by Gasteiger charge is -2.11. The summed E-state index contributed by atoms with van der Waals surface area (Å²) >= 11 is 0. The van der Waals surface area contributed by atoms with E-state index < -0.39 is 5.91 Å². The van der Waals surface area contributed by atoms with Crippen LogP contribution in [0, 0.1) is 0 Å². The zero-order valence-electron chi connectivity index (χ0n) is 10.4. The highest BCUT2D eigenvalue weighted by atomic mass is 16.1. The summed E-state index contributed by atoms with van der Waals surface area (Å²) in [5.41, 5.74) is 6.45. The molecule has 0 radical (unpaired) electrons. The summed E-state index contributed by atoms with van der Waals surface area (Å²) in [5, 5.41) is 7.44. The largest absolute Gasteiger partial charge is 0.366 e. The van der Waals surface area contributed by atoms with E-state index >= 15 is 0 Å². The number of carbonyl (C=O) groups is 1. The van der Waals surface area contributed by atoms with Gasteiger partial charge in [-0.2, -0.15) is 0 Å². The second-order valence-electron chi connectivity index (χ2n) is 4.67. The Balaban J connectivity index is 1.91. The lowest BCUT2D eigenvalue weighted by atomic mass is 10.1. The Hall–Kier alpha value is -2.21. The van der Waals surface area contributed by atoms with Crippen molar-refractivity contribution in [1.29, 1.82) is 0 Å². The second-order valence-corrected chi connectivity index (χ2v) is 4.67. The Kier molecular flexibility index (Phi) is 3.00. The lowest BCUT2D eigenvalue weighted by molar-refractivity contribution is 0.100. The molecule has 0 saturated carbocycles. The predicted octanol–water partition coefficient (Wildman–Crippen LogP) is 0.502. The first-order chi connectivity index (χ1) is 9.22. The molecule has 98 valence electrons. The number of hydrogen-bond donors (Lipinski definition) is 3. The molecular formula is C13H15N5O. The molecule has 1 saturated heterocycles. The predicted molar refractivity (Wildman–Crippen MR) is 73.0 cm³/mol. The average molecular weight is 257 g/mol. The van der Waals surface area contributed by atoms with E-state index in [1.807, 2.05) is 0 Å². The van der Waals surface area contributed by atoms with E-state index in [2.05, 4.69) is 20.6 Å². The Morgan fingerprint density at radius 1 is 1.47 bits per heavy atom. The van der Waals surface area contributed by atoms with Crippen LogP contribution in [-0.2, 0) is 0 Å². The van der Waals surface area contributed by atoms with Crippen molar-refractivity contribution in [2.45, 2.75) is 12.5 Å². The number of benzene rings is 1.